The number of benzene rings is 1. The molecular formula is C13H14BrNO2. The number of rotatable bonds is 2. The van der Waals surface area contributed by atoms with Gasteiger partial charge in [-0.3, -0.25) is 14.5 Å². The van der Waals surface area contributed by atoms with Crippen LogP contribution in [0, 0.1) is 0 Å². The molecule has 2 rings (SSSR count). The van der Waals surface area contributed by atoms with Crippen LogP contribution < -0.4 is 0 Å². The lowest BCUT2D eigenvalue weighted by Crippen LogP contribution is -2.38. The molecule has 90 valence electrons. The predicted octanol–water partition coefficient (Wildman–Crippen LogP) is 2.66. The van der Waals surface area contributed by atoms with Crippen LogP contribution in [0.1, 0.15) is 31.4 Å². The molecule has 1 aromatic carbocycles. The summed E-state index contributed by atoms with van der Waals surface area (Å²) >= 11 is 3.23. The molecule has 0 N–H and O–H groups in total. The van der Waals surface area contributed by atoms with E-state index in [4.69, 9.17) is 0 Å². The standard InChI is InChI=1S/C13H14BrNO2/c1-9(14)13(17)15-11(7-8-12(15)16)10-5-3-2-4-6-10/h2-6,9,11H,7-8H2,1H3/t9?,11-/m0/s1. The zero-order chi connectivity index (χ0) is 12.4. The number of nitrogens with zero attached hydrogens (tertiary/aromatic N) is 1. The average Bonchev–Trinajstić information content (AvgIpc) is 2.71. The van der Waals surface area contributed by atoms with Crippen molar-refractivity contribution in [2.75, 3.05) is 0 Å². The van der Waals surface area contributed by atoms with Gasteiger partial charge < -0.3 is 0 Å². The van der Waals surface area contributed by atoms with Crippen molar-refractivity contribution in [3.05, 3.63) is 35.9 Å². The molecule has 0 spiro atoms. The fourth-order valence-electron chi connectivity index (χ4n) is 2.14. The van der Waals surface area contributed by atoms with Crippen LogP contribution in [-0.2, 0) is 9.59 Å². The summed E-state index contributed by atoms with van der Waals surface area (Å²) in [5.74, 6) is -0.225. The largest absolute Gasteiger partial charge is 0.274 e. The molecule has 3 nitrogen and oxygen atoms in total. The van der Waals surface area contributed by atoms with E-state index in [0.29, 0.717) is 12.8 Å². The Morgan fingerprint density at radius 3 is 2.65 bits per heavy atom. The van der Waals surface area contributed by atoms with Gasteiger partial charge in [0.1, 0.15) is 0 Å². The number of likely N-dealkylation sites (tertiary alicyclic amines) is 1. The topological polar surface area (TPSA) is 37.4 Å². The monoisotopic (exact) mass is 295 g/mol. The third-order valence-corrected chi connectivity index (χ3v) is 3.37. The molecule has 0 radical (unpaired) electrons. The number of alkyl halides is 1. The van der Waals surface area contributed by atoms with Gasteiger partial charge in [-0.05, 0) is 18.9 Å². The maximum atomic E-state index is 12.0. The molecule has 1 aliphatic rings. The number of imide groups is 1. The Morgan fingerprint density at radius 1 is 1.41 bits per heavy atom. The van der Waals surface area contributed by atoms with Gasteiger partial charge in [0, 0.05) is 6.42 Å². The van der Waals surface area contributed by atoms with Gasteiger partial charge in [-0.2, -0.15) is 0 Å². The molecule has 1 saturated heterocycles. The maximum Gasteiger partial charge on any atom is 0.243 e. The number of carbonyl (C=O) groups is 2. The van der Waals surface area contributed by atoms with Crippen LogP contribution in [0.15, 0.2) is 30.3 Å². The Hall–Kier alpha value is -1.16. The molecule has 0 saturated carbocycles. The summed E-state index contributed by atoms with van der Waals surface area (Å²) in [6.07, 6.45) is 1.17. The molecule has 2 amide bonds. The maximum absolute atomic E-state index is 12.0. The number of hydrogen-bond donors (Lipinski definition) is 0. The fourth-order valence-corrected chi connectivity index (χ4v) is 2.36. The highest BCUT2D eigenvalue weighted by molar-refractivity contribution is 9.10. The summed E-state index contributed by atoms with van der Waals surface area (Å²) in [5.41, 5.74) is 1.03. The third-order valence-electron chi connectivity index (χ3n) is 2.97. The van der Waals surface area contributed by atoms with Gasteiger partial charge in [-0.25, -0.2) is 0 Å². The van der Waals surface area contributed by atoms with Crippen molar-refractivity contribution in [3.63, 3.8) is 0 Å². The smallest absolute Gasteiger partial charge is 0.243 e. The van der Waals surface area contributed by atoms with Crippen molar-refractivity contribution in [2.45, 2.75) is 30.6 Å². The van der Waals surface area contributed by atoms with E-state index in [1.807, 2.05) is 30.3 Å². The van der Waals surface area contributed by atoms with Crippen LogP contribution in [0.2, 0.25) is 0 Å². The molecule has 17 heavy (non-hydrogen) atoms. The highest BCUT2D eigenvalue weighted by Crippen LogP contribution is 2.33. The minimum Gasteiger partial charge on any atom is -0.274 e. The van der Waals surface area contributed by atoms with Crippen molar-refractivity contribution in [3.8, 4) is 0 Å². The highest BCUT2D eigenvalue weighted by Gasteiger charge is 2.37. The second-order valence-corrected chi connectivity index (χ2v) is 5.56. The Kier molecular flexibility index (Phi) is 3.62. The number of hydrogen-bond acceptors (Lipinski definition) is 2. The number of amides is 2. The molecule has 0 aromatic heterocycles. The molecule has 0 bridgehead atoms. The van der Waals surface area contributed by atoms with Crippen LogP contribution in [0.4, 0.5) is 0 Å². The Labute approximate surface area is 109 Å². The molecular weight excluding hydrogens is 282 g/mol. The molecule has 1 aliphatic heterocycles. The van der Waals surface area contributed by atoms with E-state index in [1.54, 1.807) is 6.92 Å². The van der Waals surface area contributed by atoms with Gasteiger partial charge in [0.2, 0.25) is 11.8 Å². The Balaban J connectivity index is 2.29. The van der Waals surface area contributed by atoms with Gasteiger partial charge in [0.15, 0.2) is 0 Å². The van der Waals surface area contributed by atoms with Crippen molar-refractivity contribution in [1.82, 2.24) is 4.90 Å². The SMILES string of the molecule is CC(Br)C(=O)N1C(=O)CC[C@H]1c1ccccc1. The molecule has 1 unspecified atom stereocenters. The van der Waals surface area contributed by atoms with Crippen LogP contribution in [-0.4, -0.2) is 21.5 Å². The normalized spacial score (nSPS) is 21.6. The first-order valence-electron chi connectivity index (χ1n) is 5.66. The van der Waals surface area contributed by atoms with Gasteiger partial charge in [0.05, 0.1) is 10.9 Å². The van der Waals surface area contributed by atoms with E-state index in [2.05, 4.69) is 15.9 Å². The molecule has 1 aromatic rings. The molecule has 4 heteroatoms. The first-order valence-corrected chi connectivity index (χ1v) is 6.57. The lowest BCUT2D eigenvalue weighted by atomic mass is 10.0. The Bertz CT molecular complexity index is 430. The minimum atomic E-state index is -0.323. The summed E-state index contributed by atoms with van der Waals surface area (Å²) in [6, 6.07) is 9.61. The van der Waals surface area contributed by atoms with E-state index in [0.717, 1.165) is 5.56 Å². The van der Waals surface area contributed by atoms with Gasteiger partial charge in [-0.1, -0.05) is 46.3 Å². The van der Waals surface area contributed by atoms with Crippen molar-refractivity contribution in [2.24, 2.45) is 0 Å². The summed E-state index contributed by atoms with van der Waals surface area (Å²) in [4.78, 5) is 24.9. The predicted molar refractivity (Wildman–Crippen MR) is 68.7 cm³/mol. The summed E-state index contributed by atoms with van der Waals surface area (Å²) in [5, 5.41) is 0. The van der Waals surface area contributed by atoms with Crippen LogP contribution in [0.25, 0.3) is 0 Å². The summed E-state index contributed by atoms with van der Waals surface area (Å²) in [6.45, 7) is 1.75. The van der Waals surface area contributed by atoms with Gasteiger partial charge in [-0.15, -0.1) is 0 Å². The molecule has 2 atom stereocenters. The van der Waals surface area contributed by atoms with Crippen molar-refractivity contribution < 1.29 is 9.59 Å². The lowest BCUT2D eigenvalue weighted by Gasteiger charge is -2.24. The number of halogens is 1. The average molecular weight is 296 g/mol. The number of carbonyl (C=O) groups excluding carboxylic acids is 2. The van der Waals surface area contributed by atoms with Crippen LogP contribution in [0.3, 0.4) is 0 Å². The highest BCUT2D eigenvalue weighted by atomic mass is 79.9. The third kappa shape index (κ3) is 2.41. The Morgan fingerprint density at radius 2 is 2.06 bits per heavy atom. The summed E-state index contributed by atoms with van der Waals surface area (Å²) < 4.78 is 0. The lowest BCUT2D eigenvalue weighted by molar-refractivity contribution is -0.143. The van der Waals surface area contributed by atoms with E-state index in [1.165, 1.54) is 4.90 Å². The zero-order valence-corrected chi connectivity index (χ0v) is 11.2. The van der Waals surface area contributed by atoms with E-state index in [-0.39, 0.29) is 22.7 Å². The molecule has 1 fully saturated rings. The van der Waals surface area contributed by atoms with Crippen molar-refractivity contribution >= 4 is 27.7 Å². The van der Waals surface area contributed by atoms with E-state index in [9.17, 15) is 9.59 Å². The van der Waals surface area contributed by atoms with E-state index < -0.39 is 0 Å². The molecule has 0 aliphatic carbocycles. The molecule has 1 heterocycles. The van der Waals surface area contributed by atoms with Gasteiger partial charge >= 0.3 is 0 Å². The first-order chi connectivity index (χ1) is 8.11. The first kappa shape index (κ1) is 12.3. The minimum absolute atomic E-state index is 0.0739. The van der Waals surface area contributed by atoms with Gasteiger partial charge in [0.25, 0.3) is 0 Å². The second kappa shape index (κ2) is 5.00. The van der Waals surface area contributed by atoms with E-state index >= 15 is 0 Å². The van der Waals surface area contributed by atoms with Crippen LogP contribution in [0.5, 0.6) is 0 Å². The van der Waals surface area contributed by atoms with Crippen LogP contribution >= 0.6 is 15.9 Å². The summed E-state index contributed by atoms with van der Waals surface area (Å²) in [7, 11) is 0. The quantitative estimate of drug-likeness (QED) is 0.787. The zero-order valence-electron chi connectivity index (χ0n) is 9.60. The fraction of sp³-hybridized carbons (Fsp3) is 0.385. The second-order valence-electron chi connectivity index (χ2n) is 4.18. The van der Waals surface area contributed by atoms with Crippen molar-refractivity contribution in [1.29, 1.82) is 0 Å².